The van der Waals surface area contributed by atoms with Gasteiger partial charge < -0.3 is 5.32 Å². The SMILES string of the molecule is CNC(C)(C)CC(C)(C)CN(N)CC(C)C. The summed E-state index contributed by atoms with van der Waals surface area (Å²) in [7, 11) is 2.02. The molecule has 0 fully saturated rings. The minimum Gasteiger partial charge on any atom is -0.315 e. The summed E-state index contributed by atoms with van der Waals surface area (Å²) in [4.78, 5) is 0. The fourth-order valence-electron chi connectivity index (χ4n) is 2.42. The van der Waals surface area contributed by atoms with Crippen LogP contribution in [0.25, 0.3) is 0 Å². The van der Waals surface area contributed by atoms with Crippen molar-refractivity contribution >= 4 is 0 Å². The molecule has 0 saturated carbocycles. The van der Waals surface area contributed by atoms with Crippen LogP contribution in [-0.4, -0.2) is 30.7 Å². The van der Waals surface area contributed by atoms with Crippen molar-refractivity contribution in [2.24, 2.45) is 17.2 Å². The fraction of sp³-hybridized carbons (Fsp3) is 1.00. The molecule has 0 saturated heterocycles. The minimum atomic E-state index is 0.169. The lowest BCUT2D eigenvalue weighted by Gasteiger charge is -2.37. The first-order chi connectivity index (χ1) is 7.08. The molecule has 0 aromatic heterocycles. The van der Waals surface area contributed by atoms with Crippen molar-refractivity contribution in [3.05, 3.63) is 0 Å². The van der Waals surface area contributed by atoms with Gasteiger partial charge in [0.05, 0.1) is 0 Å². The molecule has 98 valence electrons. The van der Waals surface area contributed by atoms with Crippen molar-refractivity contribution in [1.29, 1.82) is 0 Å². The van der Waals surface area contributed by atoms with Crippen molar-refractivity contribution in [3.63, 3.8) is 0 Å². The molecule has 0 amide bonds. The molecule has 0 heterocycles. The summed E-state index contributed by atoms with van der Waals surface area (Å²) in [6.07, 6.45) is 1.11. The van der Waals surface area contributed by atoms with Crippen LogP contribution >= 0.6 is 0 Å². The van der Waals surface area contributed by atoms with Crippen molar-refractivity contribution in [3.8, 4) is 0 Å². The minimum absolute atomic E-state index is 0.169. The number of nitrogens with two attached hydrogens (primary N) is 1. The number of rotatable bonds is 7. The first-order valence-corrected chi connectivity index (χ1v) is 6.26. The van der Waals surface area contributed by atoms with E-state index in [1.165, 1.54) is 0 Å². The summed E-state index contributed by atoms with van der Waals surface area (Å²) in [5, 5.41) is 5.31. The Kier molecular flexibility index (Phi) is 5.94. The third-order valence-electron chi connectivity index (χ3n) is 2.83. The highest BCUT2D eigenvalue weighted by molar-refractivity contribution is 4.85. The molecular formula is C13H31N3. The third kappa shape index (κ3) is 7.20. The second-order valence-electron chi connectivity index (χ2n) is 6.80. The summed E-state index contributed by atoms with van der Waals surface area (Å²) >= 11 is 0. The number of hydrogen-bond acceptors (Lipinski definition) is 3. The Balaban J connectivity index is 4.23. The summed E-state index contributed by atoms with van der Waals surface area (Å²) in [5.74, 6) is 6.66. The van der Waals surface area contributed by atoms with Crippen LogP contribution in [-0.2, 0) is 0 Å². The zero-order valence-electron chi connectivity index (χ0n) is 12.2. The van der Waals surface area contributed by atoms with Gasteiger partial charge in [-0.05, 0) is 38.6 Å². The first-order valence-electron chi connectivity index (χ1n) is 6.26. The normalized spacial score (nSPS) is 13.9. The molecule has 0 atom stereocenters. The van der Waals surface area contributed by atoms with Crippen LogP contribution < -0.4 is 11.2 Å². The second kappa shape index (κ2) is 5.99. The number of hydrazine groups is 1. The van der Waals surface area contributed by atoms with E-state index in [2.05, 4.69) is 46.9 Å². The highest BCUT2D eigenvalue weighted by atomic mass is 15.4. The van der Waals surface area contributed by atoms with Crippen LogP contribution in [0.1, 0.15) is 48.0 Å². The van der Waals surface area contributed by atoms with Crippen molar-refractivity contribution in [1.82, 2.24) is 10.3 Å². The lowest BCUT2D eigenvalue weighted by atomic mass is 9.80. The Hall–Kier alpha value is -0.120. The molecule has 3 nitrogen and oxygen atoms in total. The number of nitrogens with one attached hydrogen (secondary N) is 1. The van der Waals surface area contributed by atoms with E-state index in [9.17, 15) is 0 Å². The maximum atomic E-state index is 6.03. The molecule has 0 unspecified atom stereocenters. The van der Waals surface area contributed by atoms with E-state index in [1.54, 1.807) is 0 Å². The first kappa shape index (κ1) is 15.9. The predicted molar refractivity (Wildman–Crippen MR) is 72.1 cm³/mol. The quantitative estimate of drug-likeness (QED) is 0.519. The molecule has 0 aromatic rings. The second-order valence-corrected chi connectivity index (χ2v) is 6.80. The monoisotopic (exact) mass is 229 g/mol. The summed E-state index contributed by atoms with van der Waals surface area (Å²) in [5.41, 5.74) is 0.401. The van der Waals surface area contributed by atoms with Gasteiger partial charge in [-0.3, -0.25) is 5.84 Å². The third-order valence-corrected chi connectivity index (χ3v) is 2.83. The average Bonchev–Trinajstić information content (AvgIpc) is 1.98. The van der Waals surface area contributed by atoms with Crippen molar-refractivity contribution < 1.29 is 0 Å². The molecule has 16 heavy (non-hydrogen) atoms. The zero-order valence-corrected chi connectivity index (χ0v) is 12.2. The highest BCUT2D eigenvalue weighted by Gasteiger charge is 2.28. The Morgan fingerprint density at radius 2 is 1.69 bits per heavy atom. The molecule has 0 bridgehead atoms. The summed E-state index contributed by atoms with van der Waals surface area (Å²) in [6.45, 7) is 15.3. The van der Waals surface area contributed by atoms with Gasteiger partial charge in [0.15, 0.2) is 0 Å². The van der Waals surface area contributed by atoms with Crippen LogP contribution in [0.4, 0.5) is 0 Å². The molecule has 3 N–H and O–H groups in total. The number of hydrogen-bond donors (Lipinski definition) is 2. The molecule has 0 spiro atoms. The van der Waals surface area contributed by atoms with Gasteiger partial charge in [0, 0.05) is 18.6 Å². The number of nitrogens with zero attached hydrogens (tertiary/aromatic N) is 1. The Labute approximate surface area is 102 Å². The van der Waals surface area contributed by atoms with Gasteiger partial charge in [0.2, 0.25) is 0 Å². The molecule has 0 rings (SSSR count). The van der Waals surface area contributed by atoms with Gasteiger partial charge in [0.25, 0.3) is 0 Å². The zero-order chi connectivity index (χ0) is 13.0. The van der Waals surface area contributed by atoms with E-state index in [1.807, 2.05) is 12.1 Å². The van der Waals surface area contributed by atoms with Crippen LogP contribution in [0.5, 0.6) is 0 Å². The van der Waals surface area contributed by atoms with Gasteiger partial charge in [-0.1, -0.05) is 27.7 Å². The van der Waals surface area contributed by atoms with E-state index >= 15 is 0 Å². The van der Waals surface area contributed by atoms with Gasteiger partial charge in [0.1, 0.15) is 0 Å². The van der Waals surface area contributed by atoms with Crippen LogP contribution in [0, 0.1) is 11.3 Å². The molecule has 3 heteroatoms. The summed E-state index contributed by atoms with van der Waals surface area (Å²) < 4.78 is 0. The Morgan fingerprint density at radius 3 is 2.06 bits per heavy atom. The highest BCUT2D eigenvalue weighted by Crippen LogP contribution is 2.28. The molecular weight excluding hydrogens is 198 g/mol. The van der Waals surface area contributed by atoms with Crippen LogP contribution in [0.2, 0.25) is 0 Å². The van der Waals surface area contributed by atoms with E-state index in [-0.39, 0.29) is 11.0 Å². The maximum absolute atomic E-state index is 6.03. The predicted octanol–water partition coefficient (Wildman–Crippen LogP) is 2.23. The Bertz CT molecular complexity index is 197. The van der Waals surface area contributed by atoms with E-state index < -0.39 is 0 Å². The van der Waals surface area contributed by atoms with Crippen LogP contribution in [0.3, 0.4) is 0 Å². The molecule has 0 aromatic carbocycles. The van der Waals surface area contributed by atoms with Crippen molar-refractivity contribution in [2.45, 2.75) is 53.5 Å². The molecule has 0 aliphatic carbocycles. The van der Waals surface area contributed by atoms with Crippen molar-refractivity contribution in [2.75, 3.05) is 20.1 Å². The molecule has 0 aliphatic rings. The van der Waals surface area contributed by atoms with Gasteiger partial charge >= 0.3 is 0 Å². The topological polar surface area (TPSA) is 41.3 Å². The average molecular weight is 229 g/mol. The maximum Gasteiger partial charge on any atom is 0.0180 e. The van der Waals surface area contributed by atoms with E-state index in [0.29, 0.717) is 5.92 Å². The smallest absolute Gasteiger partial charge is 0.0180 e. The fourth-order valence-corrected chi connectivity index (χ4v) is 2.42. The Morgan fingerprint density at radius 1 is 1.19 bits per heavy atom. The summed E-state index contributed by atoms with van der Waals surface area (Å²) in [6, 6.07) is 0. The molecule has 0 radical (unpaired) electrons. The largest absolute Gasteiger partial charge is 0.315 e. The lowest BCUT2D eigenvalue weighted by Crippen LogP contribution is -2.47. The van der Waals surface area contributed by atoms with Crippen LogP contribution in [0.15, 0.2) is 0 Å². The molecule has 0 aliphatic heterocycles. The van der Waals surface area contributed by atoms with Gasteiger partial charge in [-0.25, -0.2) is 5.01 Å². The van der Waals surface area contributed by atoms with E-state index in [0.717, 1.165) is 19.5 Å². The van der Waals surface area contributed by atoms with Gasteiger partial charge in [-0.15, -0.1) is 0 Å². The standard InChI is InChI=1S/C13H31N3/c1-11(2)8-16(14)10-12(3,4)9-13(5,6)15-7/h11,15H,8-10,14H2,1-7H3. The van der Waals surface area contributed by atoms with Gasteiger partial charge in [-0.2, -0.15) is 0 Å². The lowest BCUT2D eigenvalue weighted by molar-refractivity contribution is 0.130. The van der Waals surface area contributed by atoms with E-state index in [4.69, 9.17) is 5.84 Å².